The topological polar surface area (TPSA) is 30.5 Å². The van der Waals surface area contributed by atoms with E-state index in [1.54, 1.807) is 0 Å². The SMILES string of the molecule is CCCNC1CCC(OCCOC(F)(F)F)CC1. The Bertz CT molecular complexity index is 216. The molecule has 0 saturated heterocycles. The van der Waals surface area contributed by atoms with E-state index in [1.165, 1.54) is 0 Å². The number of hydrogen-bond donors (Lipinski definition) is 1. The van der Waals surface area contributed by atoms with Gasteiger partial charge in [-0.15, -0.1) is 13.2 Å². The van der Waals surface area contributed by atoms with Gasteiger partial charge < -0.3 is 10.1 Å². The first kappa shape index (κ1) is 15.7. The van der Waals surface area contributed by atoms with Gasteiger partial charge in [-0.1, -0.05) is 6.92 Å². The molecule has 1 saturated carbocycles. The Kier molecular flexibility index (Phi) is 6.96. The number of alkyl halides is 3. The normalized spacial score (nSPS) is 25.3. The third-order valence-electron chi connectivity index (χ3n) is 3.06. The van der Waals surface area contributed by atoms with Crippen LogP contribution in [0.15, 0.2) is 0 Å². The molecule has 1 aliphatic rings. The summed E-state index contributed by atoms with van der Waals surface area (Å²) in [4.78, 5) is 0. The summed E-state index contributed by atoms with van der Waals surface area (Å²) in [6, 6.07) is 0.538. The lowest BCUT2D eigenvalue weighted by Crippen LogP contribution is -2.36. The molecule has 1 N–H and O–H groups in total. The van der Waals surface area contributed by atoms with Gasteiger partial charge in [-0.05, 0) is 38.6 Å². The van der Waals surface area contributed by atoms with Crippen LogP contribution in [0.3, 0.4) is 0 Å². The van der Waals surface area contributed by atoms with Gasteiger partial charge in [0.05, 0.1) is 19.3 Å². The van der Waals surface area contributed by atoms with E-state index in [2.05, 4.69) is 17.0 Å². The maximum absolute atomic E-state index is 11.7. The molecule has 0 unspecified atom stereocenters. The largest absolute Gasteiger partial charge is 0.522 e. The van der Waals surface area contributed by atoms with Crippen LogP contribution < -0.4 is 5.32 Å². The third kappa shape index (κ3) is 7.18. The van der Waals surface area contributed by atoms with Crippen molar-refractivity contribution in [3.05, 3.63) is 0 Å². The molecule has 1 fully saturated rings. The molecule has 6 heteroatoms. The van der Waals surface area contributed by atoms with Gasteiger partial charge in [0.15, 0.2) is 0 Å². The van der Waals surface area contributed by atoms with E-state index in [-0.39, 0.29) is 12.7 Å². The number of halogens is 3. The van der Waals surface area contributed by atoms with Crippen LogP contribution in [-0.4, -0.2) is 38.3 Å². The summed E-state index contributed by atoms with van der Waals surface area (Å²) in [6.45, 7) is 2.74. The second kappa shape index (κ2) is 7.96. The highest BCUT2D eigenvalue weighted by atomic mass is 19.4. The predicted molar refractivity (Wildman–Crippen MR) is 62.3 cm³/mol. The molecule has 0 aliphatic heterocycles. The first-order chi connectivity index (χ1) is 8.51. The van der Waals surface area contributed by atoms with Crippen molar-refractivity contribution < 1.29 is 22.6 Å². The summed E-state index contributed by atoms with van der Waals surface area (Å²) < 4.78 is 44.1. The fourth-order valence-corrected chi connectivity index (χ4v) is 2.15. The molecule has 1 aliphatic carbocycles. The van der Waals surface area contributed by atoms with Crippen LogP contribution in [0.4, 0.5) is 13.2 Å². The van der Waals surface area contributed by atoms with Crippen molar-refractivity contribution in [3.63, 3.8) is 0 Å². The van der Waals surface area contributed by atoms with Crippen LogP contribution in [0.5, 0.6) is 0 Å². The van der Waals surface area contributed by atoms with E-state index in [0.29, 0.717) is 6.04 Å². The number of ether oxygens (including phenoxy) is 2. The molecule has 0 aromatic heterocycles. The van der Waals surface area contributed by atoms with Crippen LogP contribution in [0, 0.1) is 0 Å². The maximum atomic E-state index is 11.7. The molecule has 0 heterocycles. The van der Waals surface area contributed by atoms with Crippen molar-refractivity contribution >= 4 is 0 Å². The number of rotatable bonds is 7. The molecule has 0 spiro atoms. The van der Waals surface area contributed by atoms with Crippen LogP contribution in [-0.2, 0) is 9.47 Å². The van der Waals surface area contributed by atoms with Crippen molar-refractivity contribution in [1.82, 2.24) is 5.32 Å². The van der Waals surface area contributed by atoms with E-state index in [9.17, 15) is 13.2 Å². The molecule has 0 bridgehead atoms. The summed E-state index contributed by atoms with van der Waals surface area (Å²) in [6.07, 6.45) is 0.536. The Morgan fingerprint density at radius 3 is 2.33 bits per heavy atom. The Morgan fingerprint density at radius 1 is 1.11 bits per heavy atom. The predicted octanol–water partition coefficient (Wildman–Crippen LogP) is 2.85. The molecule has 1 rings (SSSR count). The molecular weight excluding hydrogens is 247 g/mol. The molecule has 108 valence electrons. The Labute approximate surface area is 106 Å². The van der Waals surface area contributed by atoms with Crippen molar-refractivity contribution in [3.8, 4) is 0 Å². The van der Waals surface area contributed by atoms with Crippen molar-refractivity contribution in [1.29, 1.82) is 0 Å². The van der Waals surface area contributed by atoms with Gasteiger partial charge in [0.25, 0.3) is 0 Å². The number of hydrogen-bond acceptors (Lipinski definition) is 3. The zero-order valence-electron chi connectivity index (χ0n) is 10.8. The lowest BCUT2D eigenvalue weighted by molar-refractivity contribution is -0.327. The van der Waals surface area contributed by atoms with Crippen molar-refractivity contribution in [2.75, 3.05) is 19.8 Å². The summed E-state index contributed by atoms with van der Waals surface area (Å²) in [5.74, 6) is 0. The van der Waals surface area contributed by atoms with Gasteiger partial charge in [0.1, 0.15) is 0 Å². The van der Waals surface area contributed by atoms with E-state index in [4.69, 9.17) is 4.74 Å². The molecule has 0 amide bonds. The standard InChI is InChI=1S/C12H22F3NO2/c1-2-7-16-10-3-5-11(6-4-10)17-8-9-18-12(13,14)15/h10-11,16H,2-9H2,1H3. The van der Waals surface area contributed by atoms with E-state index < -0.39 is 13.0 Å². The minimum atomic E-state index is -4.55. The van der Waals surface area contributed by atoms with Crippen LogP contribution in [0.1, 0.15) is 39.0 Å². The smallest absolute Gasteiger partial charge is 0.376 e. The summed E-state index contributed by atoms with van der Waals surface area (Å²) >= 11 is 0. The van der Waals surface area contributed by atoms with Gasteiger partial charge in [0.2, 0.25) is 0 Å². The Morgan fingerprint density at radius 2 is 1.78 bits per heavy atom. The average Bonchev–Trinajstić information content (AvgIpc) is 2.32. The lowest BCUT2D eigenvalue weighted by Gasteiger charge is -2.29. The third-order valence-corrected chi connectivity index (χ3v) is 3.06. The van der Waals surface area contributed by atoms with E-state index in [1.807, 2.05) is 0 Å². The second-order valence-electron chi connectivity index (χ2n) is 4.59. The fourth-order valence-electron chi connectivity index (χ4n) is 2.15. The molecule has 0 atom stereocenters. The van der Waals surface area contributed by atoms with Gasteiger partial charge in [-0.3, -0.25) is 4.74 Å². The van der Waals surface area contributed by atoms with E-state index >= 15 is 0 Å². The zero-order chi connectivity index (χ0) is 13.4. The Balaban J connectivity index is 2.02. The minimum Gasteiger partial charge on any atom is -0.376 e. The van der Waals surface area contributed by atoms with Crippen molar-refractivity contribution in [2.45, 2.75) is 57.5 Å². The van der Waals surface area contributed by atoms with Crippen molar-refractivity contribution in [2.24, 2.45) is 0 Å². The van der Waals surface area contributed by atoms with Gasteiger partial charge in [-0.2, -0.15) is 0 Å². The average molecular weight is 269 g/mol. The lowest BCUT2D eigenvalue weighted by atomic mass is 9.93. The molecule has 0 radical (unpaired) electrons. The summed E-state index contributed by atoms with van der Waals surface area (Å²) in [5.41, 5.74) is 0. The first-order valence-corrected chi connectivity index (χ1v) is 6.57. The number of nitrogens with one attached hydrogen (secondary N) is 1. The first-order valence-electron chi connectivity index (χ1n) is 6.57. The van der Waals surface area contributed by atoms with Crippen LogP contribution >= 0.6 is 0 Å². The highest BCUT2D eigenvalue weighted by molar-refractivity contribution is 4.77. The summed E-state index contributed by atoms with van der Waals surface area (Å²) in [5, 5.41) is 3.45. The molecular formula is C12H22F3NO2. The van der Waals surface area contributed by atoms with Crippen LogP contribution in [0.25, 0.3) is 0 Å². The molecule has 3 nitrogen and oxygen atoms in total. The summed E-state index contributed by atoms with van der Waals surface area (Å²) in [7, 11) is 0. The minimum absolute atomic E-state index is 0.0111. The molecule has 18 heavy (non-hydrogen) atoms. The van der Waals surface area contributed by atoms with E-state index in [0.717, 1.165) is 38.6 Å². The van der Waals surface area contributed by atoms with Crippen LogP contribution in [0.2, 0.25) is 0 Å². The molecule has 0 aromatic carbocycles. The highest BCUT2D eigenvalue weighted by Crippen LogP contribution is 2.21. The van der Waals surface area contributed by atoms with Gasteiger partial charge >= 0.3 is 6.36 Å². The zero-order valence-corrected chi connectivity index (χ0v) is 10.8. The highest BCUT2D eigenvalue weighted by Gasteiger charge is 2.29. The quantitative estimate of drug-likeness (QED) is 0.721. The maximum Gasteiger partial charge on any atom is 0.522 e. The molecule has 0 aromatic rings. The second-order valence-corrected chi connectivity index (χ2v) is 4.59. The van der Waals surface area contributed by atoms with Gasteiger partial charge in [0, 0.05) is 6.04 Å². The monoisotopic (exact) mass is 269 g/mol. The Hall–Kier alpha value is -0.330. The fraction of sp³-hybridized carbons (Fsp3) is 1.00. The van der Waals surface area contributed by atoms with Gasteiger partial charge in [-0.25, -0.2) is 0 Å².